The zero-order chi connectivity index (χ0) is 16.2. The van der Waals surface area contributed by atoms with Gasteiger partial charge in [-0.1, -0.05) is 19.0 Å². The average Bonchev–Trinajstić information content (AvgIpc) is 3.16. The maximum absolute atomic E-state index is 12.6. The highest BCUT2D eigenvalue weighted by Gasteiger charge is 2.24. The van der Waals surface area contributed by atoms with Gasteiger partial charge in [0.2, 0.25) is 5.76 Å². The number of carbonyl (C=O) groups excluding carboxylic acids is 1. The molecule has 3 heterocycles. The van der Waals surface area contributed by atoms with Crippen molar-refractivity contribution in [1.82, 2.24) is 24.9 Å². The Hall–Kier alpha value is -2.15. The standard InChI is InChI=1S/C16H23N5O2/c1-12(2)13-10-14(23-19-13)16(22)21-7-3-6-20(8-9-21)11-15-17-4-5-18-15/h4-5,10,12H,3,6-9,11H2,1-2H3,(H,17,18). The van der Waals surface area contributed by atoms with E-state index in [1.807, 2.05) is 24.9 Å². The molecule has 0 unspecified atom stereocenters. The van der Waals surface area contributed by atoms with Gasteiger partial charge >= 0.3 is 0 Å². The number of nitrogens with zero attached hydrogens (tertiary/aromatic N) is 4. The Morgan fingerprint density at radius 3 is 2.91 bits per heavy atom. The molecular formula is C16H23N5O2. The third-order valence-corrected chi connectivity index (χ3v) is 4.13. The quantitative estimate of drug-likeness (QED) is 0.931. The highest BCUT2D eigenvalue weighted by molar-refractivity contribution is 5.91. The first kappa shape index (κ1) is 15.7. The Kier molecular flexibility index (Phi) is 4.76. The van der Waals surface area contributed by atoms with Crippen molar-refractivity contribution in [3.63, 3.8) is 0 Å². The van der Waals surface area contributed by atoms with E-state index in [4.69, 9.17) is 4.52 Å². The molecule has 0 aliphatic carbocycles. The van der Waals surface area contributed by atoms with Gasteiger partial charge in [-0.3, -0.25) is 9.69 Å². The van der Waals surface area contributed by atoms with E-state index in [0.29, 0.717) is 12.3 Å². The van der Waals surface area contributed by atoms with Crippen molar-refractivity contribution in [2.24, 2.45) is 0 Å². The van der Waals surface area contributed by atoms with Crippen LogP contribution in [-0.2, 0) is 6.54 Å². The van der Waals surface area contributed by atoms with Crippen molar-refractivity contribution in [3.05, 3.63) is 35.7 Å². The van der Waals surface area contributed by atoms with Crippen molar-refractivity contribution in [3.8, 4) is 0 Å². The molecule has 1 fully saturated rings. The third kappa shape index (κ3) is 3.79. The molecule has 0 bridgehead atoms. The summed E-state index contributed by atoms with van der Waals surface area (Å²) in [6, 6.07) is 1.76. The molecule has 1 amide bonds. The van der Waals surface area contributed by atoms with E-state index in [0.717, 1.165) is 44.1 Å². The molecule has 1 aliphatic rings. The van der Waals surface area contributed by atoms with Crippen LogP contribution in [0.25, 0.3) is 0 Å². The summed E-state index contributed by atoms with van der Waals surface area (Å²) in [6.45, 7) is 8.07. The molecule has 0 aromatic carbocycles. The van der Waals surface area contributed by atoms with Crippen molar-refractivity contribution in [2.75, 3.05) is 26.2 Å². The van der Waals surface area contributed by atoms with Gasteiger partial charge in [-0.25, -0.2) is 4.98 Å². The molecule has 1 N–H and O–H groups in total. The minimum Gasteiger partial charge on any atom is -0.351 e. The summed E-state index contributed by atoms with van der Waals surface area (Å²) in [6.07, 6.45) is 4.54. The molecule has 0 radical (unpaired) electrons. The Labute approximate surface area is 135 Å². The number of H-pyrrole nitrogens is 1. The van der Waals surface area contributed by atoms with Crippen LogP contribution in [0.5, 0.6) is 0 Å². The fourth-order valence-corrected chi connectivity index (χ4v) is 2.75. The molecule has 0 spiro atoms. The van der Waals surface area contributed by atoms with E-state index in [9.17, 15) is 4.79 Å². The van der Waals surface area contributed by atoms with Gasteiger partial charge in [-0.2, -0.15) is 0 Å². The summed E-state index contributed by atoms with van der Waals surface area (Å²) in [5.74, 6) is 1.49. The van der Waals surface area contributed by atoms with Crippen LogP contribution in [0, 0.1) is 0 Å². The van der Waals surface area contributed by atoms with Crippen molar-refractivity contribution in [1.29, 1.82) is 0 Å². The van der Waals surface area contributed by atoms with Crippen molar-refractivity contribution >= 4 is 5.91 Å². The molecule has 2 aromatic heterocycles. The smallest absolute Gasteiger partial charge is 0.292 e. The van der Waals surface area contributed by atoms with Crippen LogP contribution in [0.3, 0.4) is 0 Å². The summed E-state index contributed by atoms with van der Waals surface area (Å²) in [5.41, 5.74) is 0.822. The van der Waals surface area contributed by atoms with Crippen LogP contribution in [0.15, 0.2) is 23.0 Å². The van der Waals surface area contributed by atoms with Gasteiger partial charge in [0.25, 0.3) is 5.91 Å². The number of hydrogen-bond acceptors (Lipinski definition) is 5. The first-order valence-corrected chi connectivity index (χ1v) is 8.10. The normalized spacial score (nSPS) is 16.7. The minimum absolute atomic E-state index is 0.0655. The first-order chi connectivity index (χ1) is 11.1. The van der Waals surface area contributed by atoms with Crippen LogP contribution in [-0.4, -0.2) is 57.0 Å². The molecule has 1 saturated heterocycles. The fraction of sp³-hybridized carbons (Fsp3) is 0.562. The van der Waals surface area contributed by atoms with Crippen LogP contribution < -0.4 is 0 Å². The van der Waals surface area contributed by atoms with Crippen LogP contribution in [0.4, 0.5) is 0 Å². The topological polar surface area (TPSA) is 78.3 Å². The average molecular weight is 317 g/mol. The zero-order valence-corrected chi connectivity index (χ0v) is 13.7. The lowest BCUT2D eigenvalue weighted by Crippen LogP contribution is -2.35. The lowest BCUT2D eigenvalue weighted by molar-refractivity contribution is 0.0719. The predicted octanol–water partition coefficient (Wildman–Crippen LogP) is 1.87. The molecule has 2 aromatic rings. The Morgan fingerprint density at radius 2 is 2.22 bits per heavy atom. The zero-order valence-electron chi connectivity index (χ0n) is 13.7. The van der Waals surface area contributed by atoms with E-state index < -0.39 is 0 Å². The van der Waals surface area contributed by atoms with Crippen LogP contribution >= 0.6 is 0 Å². The second-order valence-electron chi connectivity index (χ2n) is 6.23. The summed E-state index contributed by atoms with van der Waals surface area (Å²) in [5, 5.41) is 3.97. The van der Waals surface area contributed by atoms with E-state index >= 15 is 0 Å². The molecule has 7 heteroatoms. The van der Waals surface area contributed by atoms with E-state index in [1.165, 1.54) is 0 Å². The predicted molar refractivity (Wildman–Crippen MR) is 85.0 cm³/mol. The molecular weight excluding hydrogens is 294 g/mol. The van der Waals surface area contributed by atoms with Crippen molar-refractivity contribution in [2.45, 2.75) is 32.7 Å². The highest BCUT2D eigenvalue weighted by atomic mass is 16.5. The molecule has 23 heavy (non-hydrogen) atoms. The number of amides is 1. The van der Waals surface area contributed by atoms with Gasteiger partial charge < -0.3 is 14.4 Å². The van der Waals surface area contributed by atoms with Gasteiger partial charge in [0, 0.05) is 44.6 Å². The largest absolute Gasteiger partial charge is 0.351 e. The number of aromatic nitrogens is 3. The molecule has 124 valence electrons. The molecule has 3 rings (SSSR count). The van der Waals surface area contributed by atoms with Crippen LogP contribution in [0.2, 0.25) is 0 Å². The SMILES string of the molecule is CC(C)c1cc(C(=O)N2CCCN(Cc3ncc[nH]3)CC2)on1. The van der Waals surface area contributed by atoms with Gasteiger partial charge in [-0.15, -0.1) is 0 Å². The number of carbonyl (C=O) groups is 1. The van der Waals surface area contributed by atoms with E-state index in [1.54, 1.807) is 12.3 Å². The number of nitrogens with one attached hydrogen (secondary N) is 1. The Morgan fingerprint density at radius 1 is 1.35 bits per heavy atom. The van der Waals surface area contributed by atoms with Crippen molar-refractivity contribution < 1.29 is 9.32 Å². The van der Waals surface area contributed by atoms with E-state index in [-0.39, 0.29) is 11.8 Å². The summed E-state index contributed by atoms with van der Waals surface area (Å²) in [7, 11) is 0. The Balaban J connectivity index is 1.59. The van der Waals surface area contributed by atoms with Crippen LogP contribution in [0.1, 0.15) is 48.3 Å². The molecule has 0 saturated carbocycles. The minimum atomic E-state index is -0.0655. The van der Waals surface area contributed by atoms with Gasteiger partial charge in [0.15, 0.2) is 0 Å². The first-order valence-electron chi connectivity index (χ1n) is 8.10. The van der Waals surface area contributed by atoms with E-state index in [2.05, 4.69) is 20.0 Å². The number of rotatable bonds is 4. The lowest BCUT2D eigenvalue weighted by atomic mass is 10.1. The number of hydrogen-bond donors (Lipinski definition) is 1. The second-order valence-corrected chi connectivity index (χ2v) is 6.23. The summed E-state index contributed by atoms with van der Waals surface area (Å²) < 4.78 is 5.22. The number of aromatic amines is 1. The maximum Gasteiger partial charge on any atom is 0.292 e. The summed E-state index contributed by atoms with van der Waals surface area (Å²) in [4.78, 5) is 24.1. The molecule has 1 aliphatic heterocycles. The maximum atomic E-state index is 12.6. The van der Waals surface area contributed by atoms with Gasteiger partial charge in [-0.05, 0) is 12.3 Å². The summed E-state index contributed by atoms with van der Waals surface area (Å²) >= 11 is 0. The Bertz CT molecular complexity index is 635. The second kappa shape index (κ2) is 6.95. The lowest BCUT2D eigenvalue weighted by Gasteiger charge is -2.20. The monoisotopic (exact) mass is 317 g/mol. The van der Waals surface area contributed by atoms with Gasteiger partial charge in [0.05, 0.1) is 12.2 Å². The highest BCUT2D eigenvalue weighted by Crippen LogP contribution is 2.16. The number of imidazole rings is 1. The fourth-order valence-electron chi connectivity index (χ4n) is 2.75. The molecule has 0 atom stereocenters. The van der Waals surface area contributed by atoms with Gasteiger partial charge in [0.1, 0.15) is 5.82 Å². The third-order valence-electron chi connectivity index (χ3n) is 4.13. The molecule has 7 nitrogen and oxygen atoms in total.